The van der Waals surface area contributed by atoms with Gasteiger partial charge < -0.3 is 29.8 Å². The number of aryl methyl sites for hydroxylation is 1. The van der Waals surface area contributed by atoms with Gasteiger partial charge in [-0.05, 0) is 50.8 Å². The first-order valence-electron chi connectivity index (χ1n) is 13.1. The lowest BCUT2D eigenvalue weighted by Gasteiger charge is -2.31. The number of ketones is 1. The highest BCUT2D eigenvalue weighted by Gasteiger charge is 2.39. The zero-order valence-corrected chi connectivity index (χ0v) is 22.5. The molecule has 2 N–H and O–H groups in total. The number of Topliss-reactive ketones (excluding diaryl/α,β-unsaturated/α-hetero) is 1. The molecule has 2 aliphatic rings. The Hall–Kier alpha value is -2.53. The van der Waals surface area contributed by atoms with E-state index in [-0.39, 0.29) is 17.8 Å². The van der Waals surface area contributed by atoms with Crippen LogP contribution >= 0.6 is 0 Å². The molecule has 1 aromatic carbocycles. The molecule has 0 bridgehead atoms. The number of carbonyl (C=O) groups excluding carboxylic acids is 3. The van der Waals surface area contributed by atoms with E-state index >= 15 is 0 Å². The molecule has 3 atom stereocenters. The molecule has 10 heteroatoms. The lowest BCUT2D eigenvalue weighted by molar-refractivity contribution is -0.148. The van der Waals surface area contributed by atoms with E-state index in [1.807, 2.05) is 37.2 Å². The van der Waals surface area contributed by atoms with E-state index in [4.69, 9.17) is 14.3 Å². The van der Waals surface area contributed by atoms with Crippen LogP contribution in [0.25, 0.3) is 0 Å². The van der Waals surface area contributed by atoms with Crippen molar-refractivity contribution in [1.82, 2.24) is 20.6 Å². The summed E-state index contributed by atoms with van der Waals surface area (Å²) in [6.07, 6.45) is 1.57. The van der Waals surface area contributed by atoms with Crippen LogP contribution in [0.4, 0.5) is 4.79 Å². The van der Waals surface area contributed by atoms with Crippen molar-refractivity contribution in [3.05, 3.63) is 35.9 Å². The Kier molecular flexibility index (Phi) is 10.9. The number of hydrogen-bond donors (Lipinski definition) is 2. The molecule has 2 saturated heterocycles. The molecule has 1 aromatic rings. The normalized spacial score (nSPS) is 21.6. The summed E-state index contributed by atoms with van der Waals surface area (Å²) in [6, 6.07) is 8.56. The van der Waals surface area contributed by atoms with E-state index < -0.39 is 30.2 Å². The van der Waals surface area contributed by atoms with E-state index in [0.717, 1.165) is 19.4 Å². The van der Waals surface area contributed by atoms with Crippen LogP contribution < -0.4 is 10.6 Å². The van der Waals surface area contributed by atoms with E-state index in [0.29, 0.717) is 39.1 Å². The highest BCUT2D eigenvalue weighted by molar-refractivity contribution is 5.94. The Morgan fingerprint density at radius 2 is 1.89 bits per heavy atom. The molecule has 2 aliphatic heterocycles. The third kappa shape index (κ3) is 9.70. The number of morpholine rings is 1. The van der Waals surface area contributed by atoms with Crippen LogP contribution in [0.5, 0.6) is 0 Å². The van der Waals surface area contributed by atoms with Crippen LogP contribution in [0.15, 0.2) is 30.3 Å². The number of nitrogens with zero attached hydrogens (tertiary/aromatic N) is 2. The van der Waals surface area contributed by atoms with Gasteiger partial charge in [-0.2, -0.15) is 0 Å². The van der Waals surface area contributed by atoms with Crippen molar-refractivity contribution in [2.45, 2.75) is 57.7 Å². The van der Waals surface area contributed by atoms with Gasteiger partial charge in [-0.3, -0.25) is 9.59 Å². The third-order valence-corrected chi connectivity index (χ3v) is 6.80. The van der Waals surface area contributed by atoms with Gasteiger partial charge >= 0.3 is 6.09 Å². The third-order valence-electron chi connectivity index (χ3n) is 6.80. The molecule has 2 amide bonds. The van der Waals surface area contributed by atoms with Gasteiger partial charge in [-0.15, -0.1) is 5.06 Å². The number of amides is 2. The first-order valence-corrected chi connectivity index (χ1v) is 13.1. The maximum absolute atomic E-state index is 13.5. The zero-order chi connectivity index (χ0) is 26.8. The molecule has 0 saturated carbocycles. The molecule has 0 aliphatic carbocycles. The van der Waals surface area contributed by atoms with Gasteiger partial charge in [-0.25, -0.2) is 4.79 Å². The fraction of sp³-hybridized carbons (Fsp3) is 0.667. The summed E-state index contributed by atoms with van der Waals surface area (Å²) >= 11 is 0. The van der Waals surface area contributed by atoms with Gasteiger partial charge in [0.15, 0.2) is 5.78 Å². The monoisotopic (exact) mass is 518 g/mol. The molecule has 0 spiro atoms. The molecular formula is C27H42N4O6. The standard InChI is InChI=1S/C27H42N4O6/c1-27(2,12-10-20-8-6-5-7-9-20)18-21(28-26(34)37-31-14-16-35-17-15-31)25(33)29-24-22(32)19-36-23(24)11-13-30(3)4/h5-9,21,23-24H,10-19H2,1-4H3,(H,28,34)(H,29,33)/t21-,23?,24?/m0/s1. The minimum Gasteiger partial charge on any atom is -0.379 e. The summed E-state index contributed by atoms with van der Waals surface area (Å²) in [4.78, 5) is 46.2. The topological polar surface area (TPSA) is 109 Å². The molecule has 0 aromatic heterocycles. The predicted octanol–water partition coefficient (Wildman–Crippen LogP) is 1.78. The van der Waals surface area contributed by atoms with Crippen LogP contribution in [0.3, 0.4) is 0 Å². The van der Waals surface area contributed by atoms with E-state index in [2.05, 4.69) is 36.6 Å². The Morgan fingerprint density at radius 3 is 2.57 bits per heavy atom. The van der Waals surface area contributed by atoms with Crippen LogP contribution in [0.2, 0.25) is 0 Å². The maximum atomic E-state index is 13.5. The number of ether oxygens (including phenoxy) is 2. The summed E-state index contributed by atoms with van der Waals surface area (Å²) in [6.45, 7) is 6.74. The second-order valence-electron chi connectivity index (χ2n) is 10.9. The van der Waals surface area contributed by atoms with Gasteiger partial charge in [0.05, 0.1) is 32.4 Å². The largest absolute Gasteiger partial charge is 0.426 e. The number of carbonyl (C=O) groups is 3. The van der Waals surface area contributed by atoms with Crippen molar-refractivity contribution in [2.24, 2.45) is 5.41 Å². The summed E-state index contributed by atoms with van der Waals surface area (Å²) in [5.74, 6) is -0.569. The minimum atomic E-state index is -0.873. The number of benzene rings is 1. The molecule has 3 rings (SSSR count). The van der Waals surface area contributed by atoms with Crippen molar-refractivity contribution in [2.75, 3.05) is 53.6 Å². The van der Waals surface area contributed by atoms with Gasteiger partial charge in [-0.1, -0.05) is 44.2 Å². The average Bonchev–Trinajstić information content (AvgIpc) is 3.21. The van der Waals surface area contributed by atoms with E-state index in [1.165, 1.54) is 10.6 Å². The lowest BCUT2D eigenvalue weighted by atomic mass is 9.80. The van der Waals surface area contributed by atoms with Crippen LogP contribution in [-0.4, -0.2) is 99.5 Å². The highest BCUT2D eigenvalue weighted by atomic mass is 16.7. The Balaban J connectivity index is 1.66. The Morgan fingerprint density at radius 1 is 1.19 bits per heavy atom. The molecule has 2 unspecified atom stereocenters. The lowest BCUT2D eigenvalue weighted by Crippen LogP contribution is -2.55. The van der Waals surface area contributed by atoms with Crippen LogP contribution in [0.1, 0.15) is 38.7 Å². The van der Waals surface area contributed by atoms with E-state index in [1.54, 1.807) is 0 Å². The summed E-state index contributed by atoms with van der Waals surface area (Å²) in [5.41, 5.74) is 0.943. The van der Waals surface area contributed by atoms with Crippen LogP contribution in [-0.2, 0) is 30.3 Å². The summed E-state index contributed by atoms with van der Waals surface area (Å²) < 4.78 is 11.0. The SMILES string of the molecule is CN(C)CCC1OCC(=O)C1NC(=O)[C@H](CC(C)(C)CCc1ccccc1)NC(=O)ON1CCOCC1. The number of rotatable bonds is 12. The van der Waals surface area contributed by atoms with Gasteiger partial charge in [0.25, 0.3) is 0 Å². The van der Waals surface area contributed by atoms with Crippen molar-refractivity contribution >= 4 is 17.8 Å². The average molecular weight is 519 g/mol. The second kappa shape index (κ2) is 13.9. The van der Waals surface area contributed by atoms with Crippen molar-refractivity contribution in [3.63, 3.8) is 0 Å². The predicted molar refractivity (Wildman–Crippen MR) is 139 cm³/mol. The zero-order valence-electron chi connectivity index (χ0n) is 22.5. The number of hydrogen-bond acceptors (Lipinski definition) is 8. The molecule has 0 radical (unpaired) electrons. The molecular weight excluding hydrogens is 476 g/mol. The minimum absolute atomic E-state index is 0.0250. The first kappa shape index (κ1) is 29.0. The molecule has 37 heavy (non-hydrogen) atoms. The van der Waals surface area contributed by atoms with Crippen molar-refractivity contribution in [3.8, 4) is 0 Å². The fourth-order valence-corrected chi connectivity index (χ4v) is 4.56. The number of nitrogens with one attached hydrogen (secondary N) is 2. The smallest absolute Gasteiger partial charge is 0.379 e. The Labute approximate surface area is 219 Å². The maximum Gasteiger partial charge on any atom is 0.426 e. The number of hydroxylamine groups is 2. The highest BCUT2D eigenvalue weighted by Crippen LogP contribution is 2.29. The van der Waals surface area contributed by atoms with Crippen LogP contribution in [0, 0.1) is 5.41 Å². The van der Waals surface area contributed by atoms with Gasteiger partial charge in [0, 0.05) is 6.54 Å². The fourth-order valence-electron chi connectivity index (χ4n) is 4.56. The van der Waals surface area contributed by atoms with Crippen molar-refractivity contribution in [1.29, 1.82) is 0 Å². The molecule has 10 nitrogen and oxygen atoms in total. The summed E-state index contributed by atoms with van der Waals surface area (Å²) in [5, 5.41) is 7.16. The molecule has 206 valence electrons. The second-order valence-corrected chi connectivity index (χ2v) is 10.9. The Bertz CT molecular complexity index is 888. The first-order chi connectivity index (χ1) is 17.6. The molecule has 2 fully saturated rings. The molecule has 2 heterocycles. The quantitative estimate of drug-likeness (QED) is 0.431. The van der Waals surface area contributed by atoms with Crippen molar-refractivity contribution < 1.29 is 28.7 Å². The van der Waals surface area contributed by atoms with Gasteiger partial charge in [0.2, 0.25) is 5.91 Å². The van der Waals surface area contributed by atoms with Gasteiger partial charge in [0.1, 0.15) is 18.7 Å². The van der Waals surface area contributed by atoms with E-state index in [9.17, 15) is 14.4 Å². The summed E-state index contributed by atoms with van der Waals surface area (Å²) in [7, 11) is 3.89.